The number of nitrogens with one attached hydrogen (secondary N) is 1. The number of carbonyl (C=O) groups is 1. The molecule has 0 aliphatic rings. The summed E-state index contributed by atoms with van der Waals surface area (Å²) in [7, 11) is 0. The molecule has 0 saturated heterocycles. The van der Waals surface area contributed by atoms with Crippen molar-refractivity contribution < 1.29 is 9.32 Å². The van der Waals surface area contributed by atoms with Gasteiger partial charge in [0.15, 0.2) is 5.76 Å². The Bertz CT molecular complexity index is 604. The van der Waals surface area contributed by atoms with Crippen LogP contribution in [0.25, 0.3) is 0 Å². The zero-order chi connectivity index (χ0) is 14.0. The Labute approximate surface area is 120 Å². The van der Waals surface area contributed by atoms with Crippen molar-refractivity contribution in [2.45, 2.75) is 20.3 Å². The van der Waals surface area contributed by atoms with Gasteiger partial charge in [-0.3, -0.25) is 4.79 Å². The molecule has 0 aliphatic carbocycles. The van der Waals surface area contributed by atoms with Gasteiger partial charge in [-0.1, -0.05) is 40.5 Å². The number of aromatic nitrogens is 1. The Hall–Kier alpha value is -1.52. The van der Waals surface area contributed by atoms with Gasteiger partial charge >= 0.3 is 0 Å². The van der Waals surface area contributed by atoms with Crippen LogP contribution in [0.3, 0.4) is 0 Å². The van der Waals surface area contributed by atoms with E-state index in [1.807, 2.05) is 0 Å². The minimum absolute atomic E-state index is 0.142. The third-order valence-corrected chi connectivity index (χ3v) is 3.54. The normalized spacial score (nSPS) is 10.5. The van der Waals surface area contributed by atoms with Gasteiger partial charge in [0, 0.05) is 0 Å². The second-order valence-corrected chi connectivity index (χ2v) is 4.92. The summed E-state index contributed by atoms with van der Waals surface area (Å²) in [5.41, 5.74) is 1.92. The van der Waals surface area contributed by atoms with E-state index in [0.29, 0.717) is 32.8 Å². The highest BCUT2D eigenvalue weighted by molar-refractivity contribution is 6.42. The van der Waals surface area contributed by atoms with Gasteiger partial charge in [0.05, 0.1) is 16.5 Å². The summed E-state index contributed by atoms with van der Waals surface area (Å²) < 4.78 is 4.98. The monoisotopic (exact) mass is 298 g/mol. The van der Waals surface area contributed by atoms with Gasteiger partial charge in [0.25, 0.3) is 0 Å². The first kappa shape index (κ1) is 13.9. The molecule has 0 spiro atoms. The Morgan fingerprint density at radius 1 is 1.37 bits per heavy atom. The van der Waals surface area contributed by atoms with E-state index in [9.17, 15) is 4.79 Å². The molecule has 0 saturated carbocycles. The van der Waals surface area contributed by atoms with Crippen LogP contribution in [0.1, 0.15) is 17.0 Å². The molecule has 6 heteroatoms. The molecular weight excluding hydrogens is 287 g/mol. The van der Waals surface area contributed by atoms with E-state index in [4.69, 9.17) is 27.7 Å². The van der Waals surface area contributed by atoms with E-state index in [0.717, 1.165) is 0 Å². The molecule has 0 atom stereocenters. The van der Waals surface area contributed by atoms with Gasteiger partial charge < -0.3 is 9.84 Å². The van der Waals surface area contributed by atoms with Crippen molar-refractivity contribution in [1.82, 2.24) is 5.16 Å². The van der Waals surface area contributed by atoms with Gasteiger partial charge in [-0.05, 0) is 25.5 Å². The highest BCUT2D eigenvalue weighted by Gasteiger charge is 2.14. The van der Waals surface area contributed by atoms with Crippen LogP contribution in [0.2, 0.25) is 10.0 Å². The van der Waals surface area contributed by atoms with Crippen molar-refractivity contribution >= 4 is 34.8 Å². The predicted molar refractivity (Wildman–Crippen MR) is 74.8 cm³/mol. The van der Waals surface area contributed by atoms with Crippen LogP contribution in [0, 0.1) is 13.8 Å². The SMILES string of the molecule is Cc1noc(C)c1NC(=O)Cc1cccc(Cl)c1Cl. The van der Waals surface area contributed by atoms with Gasteiger partial charge in [-0.2, -0.15) is 0 Å². The van der Waals surface area contributed by atoms with E-state index in [1.54, 1.807) is 32.0 Å². The quantitative estimate of drug-likeness (QED) is 0.938. The molecule has 0 fully saturated rings. The van der Waals surface area contributed by atoms with Crippen molar-refractivity contribution in [1.29, 1.82) is 0 Å². The highest BCUT2D eigenvalue weighted by Crippen LogP contribution is 2.26. The zero-order valence-corrected chi connectivity index (χ0v) is 12.0. The average molecular weight is 299 g/mol. The summed E-state index contributed by atoms with van der Waals surface area (Å²) in [6.07, 6.45) is 0.142. The maximum absolute atomic E-state index is 12.0. The Balaban J connectivity index is 2.12. The van der Waals surface area contributed by atoms with E-state index in [1.165, 1.54) is 0 Å². The topological polar surface area (TPSA) is 55.1 Å². The summed E-state index contributed by atoms with van der Waals surface area (Å²) >= 11 is 11.9. The summed E-state index contributed by atoms with van der Waals surface area (Å²) in [6.45, 7) is 3.50. The van der Waals surface area contributed by atoms with Crippen molar-refractivity contribution in [3.63, 3.8) is 0 Å². The number of hydrogen-bond donors (Lipinski definition) is 1. The van der Waals surface area contributed by atoms with Crippen molar-refractivity contribution in [3.8, 4) is 0 Å². The molecule has 19 heavy (non-hydrogen) atoms. The number of rotatable bonds is 3. The van der Waals surface area contributed by atoms with E-state index >= 15 is 0 Å². The molecule has 1 aromatic heterocycles. The standard InChI is InChI=1S/C13H12Cl2N2O2/c1-7-13(8(2)19-17-7)16-11(18)6-9-4-3-5-10(14)12(9)15/h3-5H,6H2,1-2H3,(H,16,18). The summed E-state index contributed by atoms with van der Waals surface area (Å²) in [4.78, 5) is 12.0. The van der Waals surface area contributed by atoms with Crippen LogP contribution in [0.15, 0.2) is 22.7 Å². The number of anilines is 1. The number of carbonyl (C=O) groups excluding carboxylic acids is 1. The van der Waals surface area contributed by atoms with Crippen LogP contribution in [0.5, 0.6) is 0 Å². The van der Waals surface area contributed by atoms with Crippen LogP contribution >= 0.6 is 23.2 Å². The number of nitrogens with zero attached hydrogens (tertiary/aromatic N) is 1. The molecular formula is C13H12Cl2N2O2. The van der Waals surface area contributed by atoms with Gasteiger partial charge in [-0.25, -0.2) is 0 Å². The fraction of sp³-hybridized carbons (Fsp3) is 0.231. The molecule has 2 rings (SSSR count). The second kappa shape index (κ2) is 5.63. The first-order valence-corrected chi connectivity index (χ1v) is 6.40. The molecule has 1 N–H and O–H groups in total. The largest absolute Gasteiger partial charge is 0.359 e. The summed E-state index contributed by atoms with van der Waals surface area (Å²) in [5.74, 6) is 0.376. The fourth-order valence-electron chi connectivity index (χ4n) is 1.70. The zero-order valence-electron chi connectivity index (χ0n) is 10.5. The van der Waals surface area contributed by atoms with E-state index < -0.39 is 0 Å². The van der Waals surface area contributed by atoms with Crippen LogP contribution in [-0.4, -0.2) is 11.1 Å². The lowest BCUT2D eigenvalue weighted by molar-refractivity contribution is -0.115. The summed E-state index contributed by atoms with van der Waals surface area (Å²) in [6, 6.07) is 5.20. The number of hydrogen-bond acceptors (Lipinski definition) is 3. The van der Waals surface area contributed by atoms with Crippen molar-refractivity contribution in [2.75, 3.05) is 5.32 Å². The number of amides is 1. The number of aryl methyl sites for hydroxylation is 2. The van der Waals surface area contributed by atoms with E-state index in [-0.39, 0.29) is 12.3 Å². The Kier molecular flexibility index (Phi) is 4.12. The number of halogens is 2. The van der Waals surface area contributed by atoms with E-state index in [2.05, 4.69) is 10.5 Å². The van der Waals surface area contributed by atoms with Gasteiger partial charge in [-0.15, -0.1) is 0 Å². The van der Waals surface area contributed by atoms with Crippen LogP contribution in [-0.2, 0) is 11.2 Å². The smallest absolute Gasteiger partial charge is 0.228 e. The minimum Gasteiger partial charge on any atom is -0.359 e. The molecule has 0 bridgehead atoms. The Morgan fingerprint density at radius 3 is 2.74 bits per heavy atom. The maximum Gasteiger partial charge on any atom is 0.228 e. The minimum atomic E-state index is -0.196. The molecule has 4 nitrogen and oxygen atoms in total. The molecule has 0 radical (unpaired) electrons. The lowest BCUT2D eigenvalue weighted by Gasteiger charge is -2.07. The van der Waals surface area contributed by atoms with Crippen LogP contribution in [0.4, 0.5) is 5.69 Å². The third kappa shape index (κ3) is 3.08. The highest BCUT2D eigenvalue weighted by atomic mass is 35.5. The molecule has 1 heterocycles. The molecule has 0 unspecified atom stereocenters. The van der Waals surface area contributed by atoms with Gasteiger partial charge in [0.1, 0.15) is 11.4 Å². The number of benzene rings is 1. The van der Waals surface area contributed by atoms with Crippen LogP contribution < -0.4 is 5.32 Å². The van der Waals surface area contributed by atoms with Gasteiger partial charge in [0.2, 0.25) is 5.91 Å². The predicted octanol–water partition coefficient (Wildman–Crippen LogP) is 3.78. The fourth-order valence-corrected chi connectivity index (χ4v) is 2.09. The third-order valence-electron chi connectivity index (χ3n) is 2.68. The lowest BCUT2D eigenvalue weighted by atomic mass is 10.1. The maximum atomic E-state index is 12.0. The van der Waals surface area contributed by atoms with Crippen molar-refractivity contribution in [2.24, 2.45) is 0 Å². The molecule has 100 valence electrons. The van der Waals surface area contributed by atoms with Crippen molar-refractivity contribution in [3.05, 3.63) is 45.3 Å². The first-order valence-electron chi connectivity index (χ1n) is 5.64. The molecule has 2 aromatic rings. The molecule has 0 aliphatic heterocycles. The summed E-state index contributed by atoms with van der Waals surface area (Å²) in [5, 5.41) is 7.36. The lowest BCUT2D eigenvalue weighted by Crippen LogP contribution is -2.15. The molecule has 1 aromatic carbocycles. The first-order chi connectivity index (χ1) is 8.99. The second-order valence-electron chi connectivity index (χ2n) is 4.14. The Morgan fingerprint density at radius 2 is 2.11 bits per heavy atom. The molecule has 1 amide bonds. The average Bonchev–Trinajstić information content (AvgIpc) is 2.67.